The molecule has 1 aliphatic heterocycles. The first-order valence-corrected chi connectivity index (χ1v) is 9.63. The maximum atomic E-state index is 6.69. The third-order valence-corrected chi connectivity index (χ3v) is 6.00. The zero-order chi connectivity index (χ0) is 16.2. The molecule has 0 spiro atoms. The highest BCUT2D eigenvalue weighted by Gasteiger charge is 2.40. The van der Waals surface area contributed by atoms with E-state index in [1.807, 2.05) is 11.8 Å². The van der Waals surface area contributed by atoms with Crippen LogP contribution < -0.4 is 0 Å². The van der Waals surface area contributed by atoms with E-state index in [4.69, 9.17) is 4.74 Å². The Morgan fingerprint density at radius 2 is 1.57 bits per heavy atom. The van der Waals surface area contributed by atoms with Crippen LogP contribution in [0.1, 0.15) is 61.8 Å². The standard InChI is InChI=1S/C19H36OS/c1-13(2)16-17(14(3)4)20-18(15(5)6)21-12-10-9-11-19(16,7)8/h9-10,13-18H,11-12H2,1-8H3/b10-9+. The molecule has 0 N–H and O–H groups in total. The van der Waals surface area contributed by atoms with Gasteiger partial charge in [-0.15, -0.1) is 11.8 Å². The summed E-state index contributed by atoms with van der Waals surface area (Å²) in [4.78, 5) is 0. The predicted molar refractivity (Wildman–Crippen MR) is 96.7 cm³/mol. The number of allylic oxidation sites excluding steroid dienone is 1. The molecule has 1 heterocycles. The van der Waals surface area contributed by atoms with Crippen LogP contribution >= 0.6 is 11.8 Å². The largest absolute Gasteiger partial charge is 0.364 e. The summed E-state index contributed by atoms with van der Waals surface area (Å²) in [5.74, 6) is 3.40. The van der Waals surface area contributed by atoms with Crippen molar-refractivity contribution in [3.05, 3.63) is 12.2 Å². The van der Waals surface area contributed by atoms with E-state index in [2.05, 4.69) is 67.5 Å². The zero-order valence-corrected chi connectivity index (χ0v) is 16.2. The van der Waals surface area contributed by atoms with E-state index in [-0.39, 0.29) is 5.41 Å². The lowest BCUT2D eigenvalue weighted by molar-refractivity contribution is -0.0912. The molecular formula is C19H36OS. The van der Waals surface area contributed by atoms with E-state index < -0.39 is 0 Å². The van der Waals surface area contributed by atoms with Gasteiger partial charge in [0.25, 0.3) is 0 Å². The Bertz CT molecular complexity index is 330. The molecule has 1 rings (SSSR count). The topological polar surface area (TPSA) is 9.23 Å². The van der Waals surface area contributed by atoms with Crippen LogP contribution in [-0.4, -0.2) is 17.3 Å². The van der Waals surface area contributed by atoms with Gasteiger partial charge >= 0.3 is 0 Å². The van der Waals surface area contributed by atoms with E-state index >= 15 is 0 Å². The van der Waals surface area contributed by atoms with E-state index in [0.29, 0.717) is 35.2 Å². The molecule has 21 heavy (non-hydrogen) atoms. The monoisotopic (exact) mass is 312 g/mol. The van der Waals surface area contributed by atoms with Crippen LogP contribution in [0.3, 0.4) is 0 Å². The minimum atomic E-state index is 0.281. The van der Waals surface area contributed by atoms with Crippen LogP contribution in [0.5, 0.6) is 0 Å². The van der Waals surface area contributed by atoms with E-state index in [1.165, 1.54) is 0 Å². The van der Waals surface area contributed by atoms with Gasteiger partial charge in [0.05, 0.1) is 6.10 Å². The third-order valence-electron chi connectivity index (χ3n) is 4.63. The fourth-order valence-corrected chi connectivity index (χ4v) is 4.70. The van der Waals surface area contributed by atoms with Gasteiger partial charge in [-0.3, -0.25) is 0 Å². The molecule has 0 aromatic heterocycles. The van der Waals surface area contributed by atoms with Crippen molar-refractivity contribution < 1.29 is 4.74 Å². The van der Waals surface area contributed by atoms with Crippen molar-refractivity contribution in [1.82, 2.24) is 0 Å². The number of hydrogen-bond acceptors (Lipinski definition) is 2. The predicted octanol–water partition coefficient (Wildman–Crippen LogP) is 6.00. The van der Waals surface area contributed by atoms with Crippen LogP contribution in [0.4, 0.5) is 0 Å². The van der Waals surface area contributed by atoms with Crippen LogP contribution in [0.15, 0.2) is 12.2 Å². The smallest absolute Gasteiger partial charge is 0.106 e. The molecular weight excluding hydrogens is 276 g/mol. The van der Waals surface area contributed by atoms with Gasteiger partial charge in [0.1, 0.15) is 5.44 Å². The normalized spacial score (nSPS) is 32.6. The average Bonchev–Trinajstić information content (AvgIpc) is 2.33. The van der Waals surface area contributed by atoms with Gasteiger partial charge in [-0.25, -0.2) is 0 Å². The Balaban J connectivity index is 3.15. The molecule has 0 radical (unpaired) electrons. The Morgan fingerprint density at radius 3 is 2.05 bits per heavy atom. The van der Waals surface area contributed by atoms with Crippen molar-refractivity contribution in [2.75, 3.05) is 5.75 Å². The van der Waals surface area contributed by atoms with Crippen molar-refractivity contribution >= 4 is 11.8 Å². The first-order chi connectivity index (χ1) is 9.66. The molecule has 0 aromatic carbocycles. The fourth-order valence-electron chi connectivity index (χ4n) is 3.67. The van der Waals surface area contributed by atoms with E-state index in [1.54, 1.807) is 0 Å². The third kappa shape index (κ3) is 5.32. The maximum absolute atomic E-state index is 6.69. The first kappa shape index (κ1) is 19.1. The summed E-state index contributed by atoms with van der Waals surface area (Å²) in [5, 5.41) is 0. The SMILES string of the molecule is CC(C)C1OC(C(C)C)C(C(C)C)C(C)(C)C/C=C/CS1. The highest BCUT2D eigenvalue weighted by molar-refractivity contribution is 7.99. The molecule has 0 saturated heterocycles. The molecule has 3 unspecified atom stereocenters. The second-order valence-electron chi connectivity index (χ2n) is 8.22. The van der Waals surface area contributed by atoms with Crippen LogP contribution in [-0.2, 0) is 4.74 Å². The summed E-state index contributed by atoms with van der Waals surface area (Å²) in [7, 11) is 0. The minimum Gasteiger partial charge on any atom is -0.364 e. The second kappa shape index (κ2) is 8.06. The average molecular weight is 313 g/mol. The minimum absolute atomic E-state index is 0.281. The van der Waals surface area contributed by atoms with Gasteiger partial charge in [-0.05, 0) is 35.5 Å². The molecule has 1 nitrogen and oxygen atoms in total. The second-order valence-corrected chi connectivity index (χ2v) is 9.36. The van der Waals surface area contributed by atoms with Gasteiger partial charge in [0.2, 0.25) is 0 Å². The Labute approximate surface area is 137 Å². The molecule has 0 aliphatic carbocycles. The Hall–Kier alpha value is 0.0500. The molecule has 0 saturated carbocycles. The lowest BCUT2D eigenvalue weighted by Gasteiger charge is -2.45. The van der Waals surface area contributed by atoms with Gasteiger partial charge in [-0.1, -0.05) is 67.5 Å². The van der Waals surface area contributed by atoms with Crippen molar-refractivity contribution in [2.45, 2.75) is 73.4 Å². The number of hydrogen-bond donors (Lipinski definition) is 0. The van der Waals surface area contributed by atoms with Crippen LogP contribution in [0.25, 0.3) is 0 Å². The quantitative estimate of drug-likeness (QED) is 0.591. The van der Waals surface area contributed by atoms with Gasteiger partial charge in [0, 0.05) is 5.75 Å². The van der Waals surface area contributed by atoms with E-state index in [9.17, 15) is 0 Å². The fraction of sp³-hybridized carbons (Fsp3) is 0.895. The highest BCUT2D eigenvalue weighted by Crippen LogP contribution is 2.43. The summed E-state index contributed by atoms with van der Waals surface area (Å²) in [6.45, 7) is 18.7. The molecule has 1 aliphatic rings. The van der Waals surface area contributed by atoms with Crippen molar-refractivity contribution in [3.8, 4) is 0 Å². The van der Waals surface area contributed by atoms with Gasteiger partial charge < -0.3 is 4.74 Å². The molecule has 0 amide bonds. The summed E-state index contributed by atoms with van der Waals surface area (Å²) in [6.07, 6.45) is 6.21. The lowest BCUT2D eigenvalue weighted by Crippen LogP contribution is -2.44. The highest BCUT2D eigenvalue weighted by atomic mass is 32.2. The number of rotatable bonds is 3. The maximum Gasteiger partial charge on any atom is 0.106 e. The lowest BCUT2D eigenvalue weighted by atomic mass is 9.66. The first-order valence-electron chi connectivity index (χ1n) is 8.59. The molecule has 3 atom stereocenters. The molecule has 0 bridgehead atoms. The van der Waals surface area contributed by atoms with Crippen molar-refractivity contribution in [2.24, 2.45) is 29.1 Å². The molecule has 2 heteroatoms. The number of ether oxygens (including phenoxy) is 1. The zero-order valence-electron chi connectivity index (χ0n) is 15.3. The van der Waals surface area contributed by atoms with Crippen molar-refractivity contribution in [1.29, 1.82) is 0 Å². The molecule has 0 aromatic rings. The Kier molecular flexibility index (Phi) is 7.33. The van der Waals surface area contributed by atoms with Crippen LogP contribution in [0, 0.1) is 29.1 Å². The van der Waals surface area contributed by atoms with E-state index in [0.717, 1.165) is 12.2 Å². The summed E-state index contributed by atoms with van der Waals surface area (Å²) >= 11 is 1.95. The summed E-state index contributed by atoms with van der Waals surface area (Å²) < 4.78 is 6.69. The summed E-state index contributed by atoms with van der Waals surface area (Å²) in [6, 6.07) is 0. The van der Waals surface area contributed by atoms with Crippen LogP contribution in [0.2, 0.25) is 0 Å². The Morgan fingerprint density at radius 1 is 0.952 bits per heavy atom. The molecule has 124 valence electrons. The van der Waals surface area contributed by atoms with Gasteiger partial charge in [0.15, 0.2) is 0 Å². The summed E-state index contributed by atoms with van der Waals surface area (Å²) in [5.41, 5.74) is 0.584. The van der Waals surface area contributed by atoms with Crippen molar-refractivity contribution in [3.63, 3.8) is 0 Å². The van der Waals surface area contributed by atoms with Gasteiger partial charge in [-0.2, -0.15) is 0 Å². The molecule has 0 fully saturated rings. The number of thioether (sulfide) groups is 1.